The number of hydrogen-bond donors (Lipinski definition) is 0. The van der Waals surface area contributed by atoms with E-state index in [4.69, 9.17) is 4.74 Å². The van der Waals surface area contributed by atoms with Gasteiger partial charge in [-0.15, -0.1) is 0 Å². The van der Waals surface area contributed by atoms with E-state index in [1.54, 1.807) is 11.5 Å². The number of ether oxygens (including phenoxy) is 1. The minimum atomic E-state index is -0.314. The standard InChI is InChI=1S/C29H33NO3/c1-3-33-29(32)30-24-17-11-10-16-22(24)28-25(30)18-23(20-12-6-4-7-13-20)26(19(2)31)27(28)21-14-8-5-9-15-21/h5,8-11,14-17,20,23,26-27H,3-4,6-7,12-13,18H2,1-2H3/t23-,26-,27+/m0/s1. The molecule has 0 spiro atoms. The first-order chi connectivity index (χ1) is 16.1. The molecule has 0 saturated heterocycles. The van der Waals surface area contributed by atoms with Crippen molar-refractivity contribution in [3.05, 3.63) is 71.4 Å². The molecule has 4 heteroatoms. The summed E-state index contributed by atoms with van der Waals surface area (Å²) in [5.41, 5.74) is 4.22. The van der Waals surface area contributed by atoms with Gasteiger partial charge in [0.1, 0.15) is 5.78 Å². The number of benzene rings is 2. The number of para-hydroxylation sites is 1. The first-order valence-corrected chi connectivity index (χ1v) is 12.5. The van der Waals surface area contributed by atoms with E-state index >= 15 is 0 Å². The minimum absolute atomic E-state index is 0.0556. The van der Waals surface area contributed by atoms with Crippen LogP contribution in [0.3, 0.4) is 0 Å². The lowest BCUT2D eigenvalue weighted by molar-refractivity contribution is -0.124. The van der Waals surface area contributed by atoms with Gasteiger partial charge in [0.25, 0.3) is 0 Å². The molecule has 172 valence electrons. The van der Waals surface area contributed by atoms with Gasteiger partial charge < -0.3 is 4.74 Å². The molecule has 3 atom stereocenters. The first kappa shape index (κ1) is 21.9. The van der Waals surface area contributed by atoms with Crippen molar-refractivity contribution in [2.45, 2.75) is 58.3 Å². The Morgan fingerprint density at radius 1 is 0.970 bits per heavy atom. The zero-order valence-corrected chi connectivity index (χ0v) is 19.6. The zero-order valence-electron chi connectivity index (χ0n) is 19.6. The summed E-state index contributed by atoms with van der Waals surface area (Å²) >= 11 is 0. The number of aromatic nitrogens is 1. The molecule has 0 amide bonds. The highest BCUT2D eigenvalue weighted by atomic mass is 16.5. The molecule has 1 fully saturated rings. The minimum Gasteiger partial charge on any atom is -0.449 e. The van der Waals surface area contributed by atoms with Gasteiger partial charge in [-0.1, -0.05) is 80.6 Å². The second-order valence-electron chi connectivity index (χ2n) is 9.70. The summed E-state index contributed by atoms with van der Waals surface area (Å²) in [6, 6.07) is 18.5. The topological polar surface area (TPSA) is 48.3 Å². The smallest absolute Gasteiger partial charge is 0.418 e. The van der Waals surface area contributed by atoms with Gasteiger partial charge in [0, 0.05) is 22.9 Å². The fourth-order valence-electron chi connectivity index (χ4n) is 6.63. The molecule has 0 unspecified atom stereocenters. The summed E-state index contributed by atoms with van der Waals surface area (Å²) in [6.45, 7) is 3.95. The maximum absolute atomic E-state index is 13.3. The van der Waals surface area contributed by atoms with Crippen molar-refractivity contribution >= 4 is 22.8 Å². The van der Waals surface area contributed by atoms with Crippen LogP contribution < -0.4 is 0 Å². The van der Waals surface area contributed by atoms with Crippen molar-refractivity contribution < 1.29 is 14.3 Å². The Morgan fingerprint density at radius 3 is 2.36 bits per heavy atom. The third kappa shape index (κ3) is 3.80. The quantitative estimate of drug-likeness (QED) is 0.449. The van der Waals surface area contributed by atoms with Crippen molar-refractivity contribution in [1.82, 2.24) is 4.57 Å². The van der Waals surface area contributed by atoms with Gasteiger partial charge in [0.2, 0.25) is 0 Å². The molecule has 4 nitrogen and oxygen atoms in total. The summed E-state index contributed by atoms with van der Waals surface area (Å²) in [4.78, 5) is 26.5. The molecular formula is C29H33NO3. The van der Waals surface area contributed by atoms with E-state index in [9.17, 15) is 9.59 Å². The SMILES string of the molecule is CCOC(=O)n1c2c(c3ccccc31)[C@H](c1ccccc1)[C@@H](C(C)=O)[C@H](C1CCCCC1)C2. The number of hydrogen-bond acceptors (Lipinski definition) is 3. The Kier molecular flexibility index (Phi) is 6.09. The predicted molar refractivity (Wildman–Crippen MR) is 131 cm³/mol. The zero-order chi connectivity index (χ0) is 22.9. The van der Waals surface area contributed by atoms with Crippen molar-refractivity contribution in [1.29, 1.82) is 0 Å². The van der Waals surface area contributed by atoms with Crippen LogP contribution in [0.4, 0.5) is 4.79 Å². The molecule has 0 aliphatic heterocycles. The maximum atomic E-state index is 13.3. The third-order valence-electron chi connectivity index (χ3n) is 7.91. The van der Waals surface area contributed by atoms with Crippen LogP contribution in [0.25, 0.3) is 10.9 Å². The molecule has 0 bridgehead atoms. The number of fused-ring (bicyclic) bond motifs is 3. The number of Topliss-reactive ketones (excluding diaryl/α,β-unsaturated/α-hetero) is 1. The van der Waals surface area contributed by atoms with E-state index in [0.717, 1.165) is 34.1 Å². The van der Waals surface area contributed by atoms with Crippen molar-refractivity contribution in [3.8, 4) is 0 Å². The lowest BCUT2D eigenvalue weighted by Crippen LogP contribution is -2.40. The lowest BCUT2D eigenvalue weighted by Gasteiger charge is -2.43. The molecule has 5 rings (SSSR count). The van der Waals surface area contributed by atoms with Gasteiger partial charge in [-0.2, -0.15) is 0 Å². The van der Waals surface area contributed by atoms with Gasteiger partial charge in [-0.3, -0.25) is 4.79 Å². The van der Waals surface area contributed by atoms with E-state index in [2.05, 4.69) is 30.3 Å². The monoisotopic (exact) mass is 443 g/mol. The maximum Gasteiger partial charge on any atom is 0.418 e. The van der Waals surface area contributed by atoms with E-state index in [1.807, 2.05) is 31.2 Å². The predicted octanol–water partition coefficient (Wildman–Crippen LogP) is 6.74. The van der Waals surface area contributed by atoms with Gasteiger partial charge in [-0.05, 0) is 49.3 Å². The van der Waals surface area contributed by atoms with Crippen LogP contribution in [0.15, 0.2) is 54.6 Å². The van der Waals surface area contributed by atoms with Crippen molar-refractivity contribution in [2.75, 3.05) is 6.61 Å². The largest absolute Gasteiger partial charge is 0.449 e. The molecule has 2 aliphatic rings. The Balaban J connectivity index is 1.78. The summed E-state index contributed by atoms with van der Waals surface area (Å²) in [5.74, 6) is 0.876. The average molecular weight is 444 g/mol. The average Bonchev–Trinajstić information content (AvgIpc) is 3.18. The number of rotatable bonds is 4. The van der Waals surface area contributed by atoms with Gasteiger partial charge in [0.05, 0.1) is 12.1 Å². The summed E-state index contributed by atoms with van der Waals surface area (Å²) in [6.07, 6.45) is 6.53. The highest BCUT2D eigenvalue weighted by Gasteiger charge is 2.46. The molecule has 33 heavy (non-hydrogen) atoms. The molecule has 1 aromatic heterocycles. The van der Waals surface area contributed by atoms with Gasteiger partial charge >= 0.3 is 6.09 Å². The van der Waals surface area contributed by atoms with Crippen molar-refractivity contribution in [3.63, 3.8) is 0 Å². The number of carbonyl (C=O) groups is 2. The highest BCUT2D eigenvalue weighted by Crippen LogP contribution is 2.52. The Hall–Kier alpha value is -2.88. The first-order valence-electron chi connectivity index (χ1n) is 12.5. The van der Waals surface area contributed by atoms with Crippen LogP contribution in [0.2, 0.25) is 0 Å². The van der Waals surface area contributed by atoms with Crippen LogP contribution in [0.1, 0.15) is 68.7 Å². The van der Waals surface area contributed by atoms with Crippen LogP contribution in [0, 0.1) is 17.8 Å². The van der Waals surface area contributed by atoms with Gasteiger partial charge in [0.15, 0.2) is 0 Å². The Bertz CT molecular complexity index is 1160. The fraction of sp³-hybridized carbons (Fsp3) is 0.448. The van der Waals surface area contributed by atoms with Crippen LogP contribution in [0.5, 0.6) is 0 Å². The molecule has 3 aromatic rings. The summed E-state index contributed by atoms with van der Waals surface area (Å²) in [7, 11) is 0. The lowest BCUT2D eigenvalue weighted by atomic mass is 9.60. The number of carbonyl (C=O) groups excluding carboxylic acids is 2. The molecule has 2 aliphatic carbocycles. The Labute approximate surface area is 195 Å². The van der Waals surface area contributed by atoms with Crippen LogP contribution in [-0.4, -0.2) is 23.1 Å². The molecule has 1 saturated carbocycles. The van der Waals surface area contributed by atoms with Crippen LogP contribution in [-0.2, 0) is 16.0 Å². The van der Waals surface area contributed by atoms with E-state index < -0.39 is 0 Å². The molecule has 0 N–H and O–H groups in total. The molecule has 1 heterocycles. The van der Waals surface area contributed by atoms with E-state index in [-0.39, 0.29) is 29.6 Å². The molecule has 0 radical (unpaired) electrons. The second-order valence-corrected chi connectivity index (χ2v) is 9.70. The third-order valence-corrected chi connectivity index (χ3v) is 7.91. The molecule has 2 aromatic carbocycles. The highest BCUT2D eigenvalue weighted by molar-refractivity contribution is 5.96. The Morgan fingerprint density at radius 2 is 1.67 bits per heavy atom. The van der Waals surface area contributed by atoms with E-state index in [1.165, 1.54) is 32.1 Å². The number of nitrogens with zero attached hydrogens (tertiary/aromatic N) is 1. The van der Waals surface area contributed by atoms with Crippen molar-refractivity contribution in [2.24, 2.45) is 17.8 Å². The van der Waals surface area contributed by atoms with E-state index in [0.29, 0.717) is 12.5 Å². The summed E-state index contributed by atoms with van der Waals surface area (Å²) in [5, 5.41) is 1.06. The van der Waals surface area contributed by atoms with Gasteiger partial charge in [-0.25, -0.2) is 9.36 Å². The van der Waals surface area contributed by atoms with Crippen LogP contribution >= 0.6 is 0 Å². The normalized spacial score (nSPS) is 23.3. The summed E-state index contributed by atoms with van der Waals surface area (Å²) < 4.78 is 7.32. The second kappa shape index (κ2) is 9.17. The molecular weight excluding hydrogens is 410 g/mol. The number of ketones is 1. The fourth-order valence-corrected chi connectivity index (χ4v) is 6.63.